The Morgan fingerprint density at radius 2 is 1.10 bits per heavy atom. The molecule has 0 heterocycles. The summed E-state index contributed by atoms with van der Waals surface area (Å²) in [7, 11) is 0. The van der Waals surface area contributed by atoms with Gasteiger partial charge < -0.3 is 0 Å². The third kappa shape index (κ3) is 3.23. The lowest BCUT2D eigenvalue weighted by molar-refractivity contribution is 1.45. The molecule has 0 heteroatoms. The quantitative estimate of drug-likeness (QED) is 0.281. The van der Waals surface area contributed by atoms with E-state index in [1.165, 1.54) is 49.4 Å². The van der Waals surface area contributed by atoms with Gasteiger partial charge in [0.05, 0.1) is 0 Å². The van der Waals surface area contributed by atoms with Gasteiger partial charge in [-0.25, -0.2) is 0 Å². The minimum atomic E-state index is 1.24. The molecule has 0 saturated heterocycles. The lowest BCUT2D eigenvalue weighted by Crippen LogP contribution is -1.89. The van der Waals surface area contributed by atoms with Gasteiger partial charge in [-0.2, -0.15) is 0 Å². The molecule has 0 spiro atoms. The molecule has 0 radical (unpaired) electrons. The number of benzene rings is 5. The SMILES string of the molecule is Cc1ccccc1C=Cc1ccc2ccccc2c1-c1cccc2ccccc12. The Morgan fingerprint density at radius 1 is 0.483 bits per heavy atom. The summed E-state index contributed by atoms with van der Waals surface area (Å²) in [6.45, 7) is 2.16. The Balaban J connectivity index is 1.79. The second-order valence-electron chi connectivity index (χ2n) is 7.47. The summed E-state index contributed by atoms with van der Waals surface area (Å²) in [4.78, 5) is 0. The van der Waals surface area contributed by atoms with Crippen molar-refractivity contribution in [1.29, 1.82) is 0 Å². The Morgan fingerprint density at radius 3 is 1.93 bits per heavy atom. The highest BCUT2D eigenvalue weighted by Crippen LogP contribution is 2.37. The molecule has 5 rings (SSSR count). The number of rotatable bonds is 3. The Kier molecular flexibility index (Phi) is 4.46. The van der Waals surface area contributed by atoms with E-state index in [9.17, 15) is 0 Å². The third-order valence-corrected chi connectivity index (χ3v) is 5.65. The molecule has 0 aliphatic rings. The molecule has 0 amide bonds. The van der Waals surface area contributed by atoms with Crippen LogP contribution in [0.1, 0.15) is 16.7 Å². The molecule has 0 nitrogen and oxygen atoms in total. The largest absolute Gasteiger partial charge is 0.0620 e. The molecule has 0 unspecified atom stereocenters. The van der Waals surface area contributed by atoms with Crippen LogP contribution in [0.25, 0.3) is 44.8 Å². The van der Waals surface area contributed by atoms with Crippen LogP contribution < -0.4 is 0 Å². The lowest BCUT2D eigenvalue weighted by atomic mass is 9.90. The first-order valence-corrected chi connectivity index (χ1v) is 10.0. The van der Waals surface area contributed by atoms with Crippen LogP contribution in [0, 0.1) is 6.92 Å². The van der Waals surface area contributed by atoms with Crippen molar-refractivity contribution in [2.75, 3.05) is 0 Å². The van der Waals surface area contributed by atoms with Crippen LogP contribution in [-0.2, 0) is 0 Å². The third-order valence-electron chi connectivity index (χ3n) is 5.65. The van der Waals surface area contributed by atoms with Crippen LogP contribution in [0.4, 0.5) is 0 Å². The summed E-state index contributed by atoms with van der Waals surface area (Å²) in [6, 6.07) is 36.9. The van der Waals surface area contributed by atoms with Gasteiger partial charge in [-0.05, 0) is 56.3 Å². The van der Waals surface area contributed by atoms with Gasteiger partial charge in [0, 0.05) is 0 Å². The molecule has 0 bridgehead atoms. The Hall–Kier alpha value is -3.64. The van der Waals surface area contributed by atoms with Gasteiger partial charge in [0.15, 0.2) is 0 Å². The molecule has 0 aromatic heterocycles. The molecule has 0 atom stereocenters. The van der Waals surface area contributed by atoms with Crippen molar-refractivity contribution in [1.82, 2.24) is 0 Å². The van der Waals surface area contributed by atoms with Crippen LogP contribution in [-0.4, -0.2) is 0 Å². The zero-order valence-corrected chi connectivity index (χ0v) is 16.5. The van der Waals surface area contributed by atoms with E-state index >= 15 is 0 Å². The first kappa shape index (κ1) is 17.5. The van der Waals surface area contributed by atoms with Gasteiger partial charge in [-0.3, -0.25) is 0 Å². The van der Waals surface area contributed by atoms with Gasteiger partial charge in [0.25, 0.3) is 0 Å². The minimum Gasteiger partial charge on any atom is -0.0620 e. The van der Waals surface area contributed by atoms with Gasteiger partial charge in [0.2, 0.25) is 0 Å². The zero-order valence-electron chi connectivity index (χ0n) is 16.5. The first-order valence-electron chi connectivity index (χ1n) is 10.0. The van der Waals surface area contributed by atoms with E-state index in [-0.39, 0.29) is 0 Å². The Bertz CT molecular complexity index is 1350. The highest BCUT2D eigenvalue weighted by Gasteiger charge is 2.11. The zero-order chi connectivity index (χ0) is 19.6. The van der Waals surface area contributed by atoms with Gasteiger partial charge in [-0.15, -0.1) is 0 Å². The fraction of sp³-hybridized carbons (Fsp3) is 0.0345. The number of fused-ring (bicyclic) bond motifs is 2. The topological polar surface area (TPSA) is 0 Å². The van der Waals surface area contributed by atoms with Crippen LogP contribution >= 0.6 is 0 Å². The second kappa shape index (κ2) is 7.41. The predicted octanol–water partition coefficient (Wildman–Crippen LogP) is 8.14. The number of aryl methyl sites for hydroxylation is 1. The van der Waals surface area contributed by atoms with E-state index in [1.54, 1.807) is 0 Å². The Labute approximate surface area is 171 Å². The van der Waals surface area contributed by atoms with Crippen molar-refractivity contribution in [3.05, 3.63) is 120 Å². The molecule has 0 fully saturated rings. The van der Waals surface area contributed by atoms with Crippen molar-refractivity contribution in [2.24, 2.45) is 0 Å². The highest BCUT2D eigenvalue weighted by atomic mass is 14.1. The van der Waals surface area contributed by atoms with Crippen molar-refractivity contribution < 1.29 is 0 Å². The molecular weight excluding hydrogens is 348 g/mol. The van der Waals surface area contributed by atoms with E-state index in [4.69, 9.17) is 0 Å². The van der Waals surface area contributed by atoms with Crippen LogP contribution in [0.15, 0.2) is 103 Å². The second-order valence-corrected chi connectivity index (χ2v) is 7.47. The van der Waals surface area contributed by atoms with Crippen molar-refractivity contribution in [3.8, 4) is 11.1 Å². The fourth-order valence-corrected chi connectivity index (χ4v) is 4.12. The summed E-state index contributed by atoms with van der Waals surface area (Å²) in [6.07, 6.45) is 4.49. The van der Waals surface area contributed by atoms with E-state index in [0.717, 1.165) is 0 Å². The normalized spacial score (nSPS) is 11.5. The minimum absolute atomic E-state index is 1.24. The van der Waals surface area contributed by atoms with Crippen LogP contribution in [0.3, 0.4) is 0 Å². The summed E-state index contributed by atoms with van der Waals surface area (Å²) in [5.41, 5.74) is 6.36. The molecule has 5 aromatic carbocycles. The van der Waals surface area contributed by atoms with Gasteiger partial charge >= 0.3 is 0 Å². The van der Waals surface area contributed by atoms with Crippen LogP contribution in [0.5, 0.6) is 0 Å². The maximum atomic E-state index is 2.26. The maximum absolute atomic E-state index is 2.26. The number of hydrogen-bond acceptors (Lipinski definition) is 0. The molecule has 29 heavy (non-hydrogen) atoms. The van der Waals surface area contributed by atoms with Crippen molar-refractivity contribution in [3.63, 3.8) is 0 Å². The molecular formula is C29H22. The van der Waals surface area contributed by atoms with E-state index in [0.29, 0.717) is 0 Å². The summed E-state index contributed by atoms with van der Waals surface area (Å²) in [5, 5.41) is 5.11. The van der Waals surface area contributed by atoms with E-state index in [1.807, 2.05) is 0 Å². The first-order chi connectivity index (χ1) is 14.3. The fourth-order valence-electron chi connectivity index (χ4n) is 4.12. The van der Waals surface area contributed by atoms with Gasteiger partial charge in [-0.1, -0.05) is 115 Å². The highest BCUT2D eigenvalue weighted by molar-refractivity contribution is 6.08. The smallest absolute Gasteiger partial charge is 0.00266 e. The standard InChI is InChI=1S/C29H22/c1-21-9-2-3-10-22(21)17-19-25-20-18-24-12-5-7-15-27(24)29(25)28-16-8-13-23-11-4-6-14-26(23)28/h2-20H,1H3. The molecule has 5 aromatic rings. The van der Waals surface area contributed by atoms with Crippen LogP contribution in [0.2, 0.25) is 0 Å². The van der Waals surface area contributed by atoms with E-state index < -0.39 is 0 Å². The average Bonchev–Trinajstić information content (AvgIpc) is 2.78. The molecule has 0 saturated carbocycles. The van der Waals surface area contributed by atoms with Crippen molar-refractivity contribution in [2.45, 2.75) is 6.92 Å². The molecule has 138 valence electrons. The summed E-state index contributed by atoms with van der Waals surface area (Å²) >= 11 is 0. The predicted molar refractivity (Wildman–Crippen MR) is 127 cm³/mol. The van der Waals surface area contributed by atoms with Crippen molar-refractivity contribution >= 4 is 33.7 Å². The molecule has 0 aliphatic heterocycles. The van der Waals surface area contributed by atoms with Gasteiger partial charge in [0.1, 0.15) is 0 Å². The monoisotopic (exact) mass is 370 g/mol. The number of hydrogen-bond donors (Lipinski definition) is 0. The lowest BCUT2D eigenvalue weighted by Gasteiger charge is -2.14. The molecule has 0 N–H and O–H groups in total. The maximum Gasteiger partial charge on any atom is -0.00266 e. The summed E-state index contributed by atoms with van der Waals surface area (Å²) in [5.74, 6) is 0. The van der Waals surface area contributed by atoms with E-state index in [2.05, 4.69) is 122 Å². The summed E-state index contributed by atoms with van der Waals surface area (Å²) < 4.78 is 0. The average molecular weight is 370 g/mol. The molecule has 0 aliphatic carbocycles.